The van der Waals surface area contributed by atoms with Crippen LogP contribution >= 0.6 is 0 Å². The maximum Gasteiger partial charge on any atom is 0.364 e. The van der Waals surface area contributed by atoms with Crippen LogP contribution in [0.2, 0.25) is 0 Å². The molecule has 558 valence electrons. The van der Waals surface area contributed by atoms with Crippen LogP contribution in [0.4, 0.5) is 0 Å². The molecule has 3 aliphatic heterocycles. The van der Waals surface area contributed by atoms with Gasteiger partial charge in [-0.1, -0.05) is 264 Å². The molecule has 0 aromatic carbocycles. The summed E-state index contributed by atoms with van der Waals surface area (Å²) < 4.78 is 34.8. The van der Waals surface area contributed by atoms with Crippen LogP contribution in [0.5, 0.6) is 0 Å². The van der Waals surface area contributed by atoms with E-state index in [0.29, 0.717) is 12.8 Å². The number of carbonyl (C=O) groups is 3. The van der Waals surface area contributed by atoms with Crippen molar-refractivity contribution in [3.63, 3.8) is 0 Å². The van der Waals surface area contributed by atoms with Crippen LogP contribution in [0, 0.1) is 0 Å². The first-order valence-electron chi connectivity index (χ1n) is 37.6. The molecule has 23 nitrogen and oxygen atoms in total. The molecule has 23 heteroatoms. The number of rotatable bonds is 58. The van der Waals surface area contributed by atoms with Crippen molar-refractivity contribution >= 4 is 17.8 Å². The summed E-state index contributed by atoms with van der Waals surface area (Å²) in [7, 11) is 0. The molecule has 3 rings (SSSR count). The molecule has 0 aromatic rings. The van der Waals surface area contributed by atoms with Gasteiger partial charge in [0.25, 0.3) is 5.79 Å². The van der Waals surface area contributed by atoms with Crippen molar-refractivity contribution in [1.82, 2.24) is 10.6 Å². The molecule has 0 radical (unpaired) electrons. The molecule has 3 aliphatic rings. The topological polar surface area (TPSA) is 373 Å². The predicted molar refractivity (Wildman–Crippen MR) is 362 cm³/mol. The SMILES string of the molecule is CCCCCCCCCCCCCCCCCCCCCCCCC/C=C/C(O)C(COC1OC(CO)C(OC2OC(CO)C(O)C(OC3(C(=O)O)CC(O)C(NC(C)=O)C(C(O)C(O)CO)O3)C2O)C(O)C1O)NC(=O)CCCCCCCCCCCCCCCCCC. The fourth-order valence-electron chi connectivity index (χ4n) is 13.2. The molecule has 0 aromatic heterocycles. The summed E-state index contributed by atoms with van der Waals surface area (Å²) in [6.07, 6.45) is 23.9. The number of hydrogen-bond donors (Lipinski definition) is 14. The number of carboxylic acids is 1. The van der Waals surface area contributed by atoms with E-state index >= 15 is 0 Å². The molecular formula is C72H134N2O21. The zero-order chi connectivity index (χ0) is 69.6. The number of ether oxygens (including phenoxy) is 6. The molecule has 3 heterocycles. The van der Waals surface area contributed by atoms with Gasteiger partial charge in [-0.2, -0.15) is 0 Å². The number of aliphatic hydroxyl groups is 11. The standard InChI is InChI=1S/C72H134N2O21/c1-4-6-8-10-12-14-16-18-20-22-23-24-25-26-27-28-29-30-31-33-35-37-39-41-43-45-54(79)53(74-59(82)46-44-42-40-38-36-34-32-21-19-17-15-13-11-9-7-5-2)51-90-69-64(86)63(85)66(58(50-77)92-69)93-70-65(87)68(62(84)57(49-76)91-70)95-72(71(88)89)47-55(80)60(73-52(3)78)67(94-72)61(83)56(81)48-75/h43,45,53-58,60-70,75-77,79-81,83-87H,4-42,44,46-51H2,1-3H3,(H,73,78)(H,74,82)(H,88,89)/b45-43+. The number of nitrogens with one attached hydrogen (secondary N) is 2. The summed E-state index contributed by atoms with van der Waals surface area (Å²) in [5, 5.41) is 136. The van der Waals surface area contributed by atoms with Crippen molar-refractivity contribution in [1.29, 1.82) is 0 Å². The minimum atomic E-state index is -3.08. The number of carbonyl (C=O) groups excluding carboxylic acids is 2. The van der Waals surface area contributed by atoms with E-state index in [0.717, 1.165) is 51.9 Å². The molecule has 3 fully saturated rings. The molecule has 14 N–H and O–H groups in total. The van der Waals surface area contributed by atoms with Gasteiger partial charge < -0.3 is 100 Å². The van der Waals surface area contributed by atoms with Crippen LogP contribution in [-0.2, 0) is 42.8 Å². The van der Waals surface area contributed by atoms with E-state index in [2.05, 4.69) is 24.5 Å². The summed E-state index contributed by atoms with van der Waals surface area (Å²) in [4.78, 5) is 38.6. The van der Waals surface area contributed by atoms with Gasteiger partial charge in [0.15, 0.2) is 12.6 Å². The Balaban J connectivity index is 1.56. The van der Waals surface area contributed by atoms with Crippen LogP contribution in [0.25, 0.3) is 0 Å². The fourth-order valence-corrected chi connectivity index (χ4v) is 13.2. The smallest absolute Gasteiger partial charge is 0.364 e. The van der Waals surface area contributed by atoms with Crippen molar-refractivity contribution in [3.05, 3.63) is 12.2 Å². The average molecular weight is 1360 g/mol. The van der Waals surface area contributed by atoms with Crippen molar-refractivity contribution in [2.24, 2.45) is 0 Å². The molecule has 0 bridgehead atoms. The quantitative estimate of drug-likeness (QED) is 0.0201. The molecule has 18 atom stereocenters. The Bertz CT molecular complexity index is 1960. The van der Waals surface area contributed by atoms with Gasteiger partial charge in [-0.25, -0.2) is 4.79 Å². The van der Waals surface area contributed by atoms with E-state index in [1.165, 1.54) is 199 Å². The highest BCUT2D eigenvalue weighted by Crippen LogP contribution is 2.39. The lowest BCUT2D eigenvalue weighted by atomic mass is 9.88. The van der Waals surface area contributed by atoms with Crippen LogP contribution < -0.4 is 10.6 Å². The van der Waals surface area contributed by atoms with Gasteiger partial charge in [0.05, 0.1) is 50.7 Å². The number of allylic oxidation sites excluding steroid dienone is 1. The summed E-state index contributed by atoms with van der Waals surface area (Å²) in [5.41, 5.74) is 0. The van der Waals surface area contributed by atoms with Crippen LogP contribution in [-0.4, -0.2) is 215 Å². The third-order valence-corrected chi connectivity index (χ3v) is 19.2. The van der Waals surface area contributed by atoms with Gasteiger partial charge in [-0.3, -0.25) is 9.59 Å². The molecule has 95 heavy (non-hydrogen) atoms. The van der Waals surface area contributed by atoms with Crippen LogP contribution in [0.1, 0.15) is 290 Å². The van der Waals surface area contributed by atoms with E-state index in [9.17, 15) is 75.7 Å². The van der Waals surface area contributed by atoms with E-state index in [1.54, 1.807) is 6.08 Å². The molecule has 3 saturated heterocycles. The van der Waals surface area contributed by atoms with E-state index in [1.807, 2.05) is 6.08 Å². The molecule has 0 aliphatic carbocycles. The third-order valence-electron chi connectivity index (χ3n) is 19.2. The first-order valence-corrected chi connectivity index (χ1v) is 37.6. The normalized spacial score (nSPS) is 27.7. The number of aliphatic hydroxyl groups excluding tert-OH is 11. The van der Waals surface area contributed by atoms with Gasteiger partial charge in [-0.05, 0) is 19.3 Å². The van der Waals surface area contributed by atoms with Crippen molar-refractivity contribution in [3.8, 4) is 0 Å². The summed E-state index contributed by atoms with van der Waals surface area (Å²) >= 11 is 0. The lowest BCUT2D eigenvalue weighted by Gasteiger charge is -2.50. The first-order chi connectivity index (χ1) is 45.9. The highest BCUT2D eigenvalue weighted by molar-refractivity contribution is 5.77. The van der Waals surface area contributed by atoms with E-state index in [-0.39, 0.29) is 12.3 Å². The van der Waals surface area contributed by atoms with Gasteiger partial charge in [0.2, 0.25) is 11.8 Å². The molecule has 0 spiro atoms. The van der Waals surface area contributed by atoms with Gasteiger partial charge in [0.1, 0.15) is 67.1 Å². The number of amides is 2. The van der Waals surface area contributed by atoms with Crippen molar-refractivity contribution in [2.75, 3.05) is 26.4 Å². The Morgan fingerprint density at radius 3 is 1.40 bits per heavy atom. The Morgan fingerprint density at radius 2 is 0.979 bits per heavy atom. The second-order valence-electron chi connectivity index (χ2n) is 27.5. The Labute approximate surface area is 569 Å². The highest BCUT2D eigenvalue weighted by Gasteiger charge is 2.60. The Morgan fingerprint density at radius 1 is 0.547 bits per heavy atom. The maximum atomic E-state index is 13.5. The van der Waals surface area contributed by atoms with Crippen LogP contribution in [0.15, 0.2) is 12.2 Å². The van der Waals surface area contributed by atoms with Crippen molar-refractivity contribution in [2.45, 2.75) is 400 Å². The lowest BCUT2D eigenvalue weighted by molar-refractivity contribution is -0.386. The molecule has 2 amide bonds. The zero-order valence-electron chi connectivity index (χ0n) is 58.5. The largest absolute Gasteiger partial charge is 0.477 e. The second-order valence-corrected chi connectivity index (χ2v) is 27.5. The van der Waals surface area contributed by atoms with Gasteiger partial charge in [0, 0.05) is 19.8 Å². The van der Waals surface area contributed by atoms with E-state index in [4.69, 9.17) is 28.4 Å². The van der Waals surface area contributed by atoms with Crippen molar-refractivity contribution < 1.29 is 104 Å². The number of carboxylic acid groups (broad SMARTS) is 1. The number of hydrogen-bond acceptors (Lipinski definition) is 20. The van der Waals surface area contributed by atoms with Gasteiger partial charge in [-0.15, -0.1) is 0 Å². The maximum absolute atomic E-state index is 13.5. The molecular weight excluding hydrogens is 1230 g/mol. The number of aliphatic carboxylic acids is 1. The number of unbranched alkanes of at least 4 members (excludes halogenated alkanes) is 38. The minimum Gasteiger partial charge on any atom is -0.477 e. The second kappa shape index (κ2) is 52.5. The highest BCUT2D eigenvalue weighted by atomic mass is 16.8. The Kier molecular flexibility index (Phi) is 47.9. The lowest BCUT2D eigenvalue weighted by Crippen LogP contribution is -2.70. The summed E-state index contributed by atoms with van der Waals surface area (Å²) in [5.74, 6) is -6.13. The minimum absolute atomic E-state index is 0.205. The predicted octanol–water partition coefficient (Wildman–Crippen LogP) is 8.24. The zero-order valence-corrected chi connectivity index (χ0v) is 58.5. The van der Waals surface area contributed by atoms with E-state index < -0.39 is 155 Å². The van der Waals surface area contributed by atoms with Crippen LogP contribution in [0.3, 0.4) is 0 Å². The van der Waals surface area contributed by atoms with Gasteiger partial charge >= 0.3 is 5.97 Å². The third kappa shape index (κ3) is 34.1. The fraction of sp³-hybridized carbons (Fsp3) is 0.931. The summed E-state index contributed by atoms with van der Waals surface area (Å²) in [6.45, 7) is 2.17. The first kappa shape index (κ1) is 86.7. The Hall–Kier alpha value is -2.53. The molecule has 18 unspecified atom stereocenters. The molecule has 0 saturated carbocycles. The summed E-state index contributed by atoms with van der Waals surface area (Å²) in [6, 6.07) is -2.61. The monoisotopic (exact) mass is 1360 g/mol. The average Bonchev–Trinajstić information content (AvgIpc) is 0.757.